The van der Waals surface area contributed by atoms with Crippen LogP contribution in [0.2, 0.25) is 0 Å². The average Bonchev–Trinajstić information content (AvgIpc) is 2.82. The molecule has 31 heavy (non-hydrogen) atoms. The van der Waals surface area contributed by atoms with Gasteiger partial charge in [-0.3, -0.25) is 4.79 Å². The number of hydrogen-bond acceptors (Lipinski definition) is 4. The number of para-hydroxylation sites is 1. The van der Waals surface area contributed by atoms with E-state index in [0.717, 1.165) is 42.0 Å². The summed E-state index contributed by atoms with van der Waals surface area (Å²) in [7, 11) is 0. The van der Waals surface area contributed by atoms with E-state index in [1.807, 2.05) is 66.7 Å². The molecule has 0 fully saturated rings. The molecule has 0 aliphatic carbocycles. The highest BCUT2D eigenvalue weighted by Gasteiger charge is 2.08. The van der Waals surface area contributed by atoms with Gasteiger partial charge in [0.15, 0.2) is 0 Å². The summed E-state index contributed by atoms with van der Waals surface area (Å²) < 4.78 is 5.76. The van der Waals surface area contributed by atoms with Crippen molar-refractivity contribution in [3.63, 3.8) is 0 Å². The Morgan fingerprint density at radius 2 is 1.68 bits per heavy atom. The van der Waals surface area contributed by atoms with E-state index in [1.54, 1.807) is 12.1 Å². The standard InChI is InChI=1S/C26H30N2O3/c1-2-21-8-6-7-11-25(21)31-19-24(29)18-27-17-16-20-12-14-23(15-13-20)28-26(30)22-9-4-3-5-10-22/h3-15,24,27,29H,2,16-19H2,1H3,(H,28,30)/t24-/m0/s1. The average molecular weight is 419 g/mol. The van der Waals surface area contributed by atoms with Crippen LogP contribution in [0.3, 0.4) is 0 Å². The lowest BCUT2D eigenvalue weighted by atomic mass is 10.1. The highest BCUT2D eigenvalue weighted by molar-refractivity contribution is 6.04. The van der Waals surface area contributed by atoms with Crippen LogP contribution in [0.25, 0.3) is 0 Å². The van der Waals surface area contributed by atoms with Gasteiger partial charge < -0.3 is 20.5 Å². The Hall–Kier alpha value is -3.15. The molecule has 1 amide bonds. The summed E-state index contributed by atoms with van der Waals surface area (Å²) in [5.41, 5.74) is 3.71. The number of aliphatic hydroxyl groups excluding tert-OH is 1. The maximum atomic E-state index is 12.2. The quantitative estimate of drug-likeness (QED) is 0.411. The molecule has 0 aliphatic rings. The van der Waals surface area contributed by atoms with Crippen molar-refractivity contribution in [2.75, 3.05) is 25.0 Å². The largest absolute Gasteiger partial charge is 0.491 e. The lowest BCUT2D eigenvalue weighted by molar-refractivity contribution is 0.102. The van der Waals surface area contributed by atoms with E-state index in [4.69, 9.17) is 4.74 Å². The molecule has 162 valence electrons. The van der Waals surface area contributed by atoms with Gasteiger partial charge in [0.05, 0.1) is 0 Å². The first-order valence-electron chi connectivity index (χ1n) is 10.7. The van der Waals surface area contributed by atoms with E-state index in [2.05, 4.69) is 17.6 Å². The molecular formula is C26H30N2O3. The van der Waals surface area contributed by atoms with Crippen molar-refractivity contribution in [1.29, 1.82) is 0 Å². The topological polar surface area (TPSA) is 70.6 Å². The third-order valence-electron chi connectivity index (χ3n) is 5.00. The van der Waals surface area contributed by atoms with Crippen LogP contribution in [0.15, 0.2) is 78.9 Å². The monoisotopic (exact) mass is 418 g/mol. The molecule has 3 aromatic carbocycles. The Bertz CT molecular complexity index is 942. The maximum absolute atomic E-state index is 12.2. The van der Waals surface area contributed by atoms with Gasteiger partial charge in [-0.15, -0.1) is 0 Å². The third kappa shape index (κ3) is 7.24. The molecule has 1 atom stereocenters. The van der Waals surface area contributed by atoms with Crippen LogP contribution in [0, 0.1) is 0 Å². The summed E-state index contributed by atoms with van der Waals surface area (Å²) in [4.78, 5) is 12.2. The molecule has 0 radical (unpaired) electrons. The number of nitrogens with one attached hydrogen (secondary N) is 2. The van der Waals surface area contributed by atoms with Gasteiger partial charge in [0.1, 0.15) is 18.5 Å². The normalized spacial score (nSPS) is 11.7. The first kappa shape index (κ1) is 22.5. The zero-order chi connectivity index (χ0) is 21.9. The van der Waals surface area contributed by atoms with E-state index in [9.17, 15) is 9.90 Å². The predicted molar refractivity (Wildman–Crippen MR) is 125 cm³/mol. The summed E-state index contributed by atoms with van der Waals surface area (Å²) >= 11 is 0. The van der Waals surface area contributed by atoms with Gasteiger partial charge in [-0.2, -0.15) is 0 Å². The van der Waals surface area contributed by atoms with E-state index < -0.39 is 6.10 Å². The van der Waals surface area contributed by atoms with Crippen molar-refractivity contribution in [1.82, 2.24) is 5.32 Å². The highest BCUT2D eigenvalue weighted by Crippen LogP contribution is 2.18. The number of rotatable bonds is 11. The molecule has 3 aromatic rings. The molecule has 0 bridgehead atoms. The smallest absolute Gasteiger partial charge is 0.255 e. The van der Waals surface area contributed by atoms with Crippen LogP contribution in [-0.2, 0) is 12.8 Å². The minimum absolute atomic E-state index is 0.118. The van der Waals surface area contributed by atoms with Gasteiger partial charge in [0.25, 0.3) is 5.91 Å². The minimum atomic E-state index is -0.569. The fourth-order valence-electron chi connectivity index (χ4n) is 3.23. The second-order valence-corrected chi connectivity index (χ2v) is 7.40. The Morgan fingerprint density at radius 1 is 0.968 bits per heavy atom. The zero-order valence-electron chi connectivity index (χ0n) is 17.9. The summed E-state index contributed by atoms with van der Waals surface area (Å²) in [5, 5.41) is 16.3. The first-order valence-corrected chi connectivity index (χ1v) is 10.7. The molecule has 3 N–H and O–H groups in total. The second kappa shape index (κ2) is 11.9. The minimum Gasteiger partial charge on any atom is -0.491 e. The van der Waals surface area contributed by atoms with Gasteiger partial charge in [-0.1, -0.05) is 55.5 Å². The maximum Gasteiger partial charge on any atom is 0.255 e. The number of hydrogen-bond donors (Lipinski definition) is 3. The molecule has 0 aromatic heterocycles. The molecule has 0 heterocycles. The van der Waals surface area contributed by atoms with Gasteiger partial charge in [-0.05, 0) is 60.8 Å². The fraction of sp³-hybridized carbons (Fsp3) is 0.269. The molecular weight excluding hydrogens is 388 g/mol. The van der Waals surface area contributed by atoms with Crippen molar-refractivity contribution in [2.45, 2.75) is 25.9 Å². The van der Waals surface area contributed by atoms with Crippen LogP contribution < -0.4 is 15.4 Å². The SMILES string of the molecule is CCc1ccccc1OC[C@@H](O)CNCCc1ccc(NC(=O)c2ccccc2)cc1. The zero-order valence-corrected chi connectivity index (χ0v) is 17.9. The van der Waals surface area contributed by atoms with E-state index >= 15 is 0 Å². The summed E-state index contributed by atoms with van der Waals surface area (Å²) in [6.45, 7) is 3.57. The Balaban J connectivity index is 1.35. The van der Waals surface area contributed by atoms with Gasteiger partial charge in [-0.25, -0.2) is 0 Å². The van der Waals surface area contributed by atoms with Crippen molar-refractivity contribution in [3.8, 4) is 5.75 Å². The molecule has 0 saturated heterocycles. The van der Waals surface area contributed by atoms with Crippen LogP contribution >= 0.6 is 0 Å². The number of carbonyl (C=O) groups excluding carboxylic acids is 1. The number of ether oxygens (including phenoxy) is 1. The van der Waals surface area contributed by atoms with Crippen LogP contribution in [0.1, 0.15) is 28.4 Å². The molecule has 0 aliphatic heterocycles. The Kier molecular flexibility index (Phi) is 8.64. The van der Waals surface area contributed by atoms with E-state index in [-0.39, 0.29) is 12.5 Å². The number of benzene rings is 3. The Labute approximate surface area is 184 Å². The molecule has 5 nitrogen and oxygen atoms in total. The van der Waals surface area contributed by atoms with Crippen LogP contribution in [0.4, 0.5) is 5.69 Å². The molecule has 0 unspecified atom stereocenters. The van der Waals surface area contributed by atoms with Gasteiger partial charge >= 0.3 is 0 Å². The third-order valence-corrected chi connectivity index (χ3v) is 5.00. The van der Waals surface area contributed by atoms with Crippen molar-refractivity contribution in [2.24, 2.45) is 0 Å². The van der Waals surface area contributed by atoms with Crippen LogP contribution in [0.5, 0.6) is 5.75 Å². The van der Waals surface area contributed by atoms with Crippen molar-refractivity contribution >= 4 is 11.6 Å². The molecule has 0 spiro atoms. The molecule has 0 saturated carbocycles. The number of aliphatic hydroxyl groups is 1. The highest BCUT2D eigenvalue weighted by atomic mass is 16.5. The number of aryl methyl sites for hydroxylation is 1. The van der Waals surface area contributed by atoms with E-state index in [1.165, 1.54) is 0 Å². The van der Waals surface area contributed by atoms with Crippen molar-refractivity contribution in [3.05, 3.63) is 95.6 Å². The summed E-state index contributed by atoms with van der Waals surface area (Å²) in [6.07, 6.45) is 1.17. The van der Waals surface area contributed by atoms with E-state index in [0.29, 0.717) is 12.1 Å². The van der Waals surface area contributed by atoms with Gasteiger partial charge in [0, 0.05) is 17.8 Å². The number of carbonyl (C=O) groups is 1. The Morgan fingerprint density at radius 3 is 2.42 bits per heavy atom. The predicted octanol–water partition coefficient (Wildman–Crippen LogP) is 4.07. The fourth-order valence-corrected chi connectivity index (χ4v) is 3.23. The first-order chi connectivity index (χ1) is 15.2. The van der Waals surface area contributed by atoms with Gasteiger partial charge in [0.2, 0.25) is 0 Å². The lowest BCUT2D eigenvalue weighted by Crippen LogP contribution is -2.32. The summed E-state index contributed by atoms with van der Waals surface area (Å²) in [6, 6.07) is 24.9. The number of amides is 1. The number of anilines is 1. The lowest BCUT2D eigenvalue weighted by Gasteiger charge is -2.15. The molecule has 5 heteroatoms. The van der Waals surface area contributed by atoms with Crippen LogP contribution in [-0.4, -0.2) is 36.8 Å². The van der Waals surface area contributed by atoms with Crippen molar-refractivity contribution < 1.29 is 14.6 Å². The second-order valence-electron chi connectivity index (χ2n) is 7.40. The summed E-state index contributed by atoms with van der Waals surface area (Å²) in [5.74, 6) is 0.719. The molecule has 3 rings (SSSR count).